The maximum Gasteiger partial charge on any atom is 0.0729 e. The zero-order valence-electron chi connectivity index (χ0n) is 13.7. The summed E-state index contributed by atoms with van der Waals surface area (Å²) in [5.41, 5.74) is 4.51. The molecule has 0 aliphatic heterocycles. The van der Waals surface area contributed by atoms with Gasteiger partial charge in [-0.1, -0.05) is 23.4 Å². The van der Waals surface area contributed by atoms with E-state index in [2.05, 4.69) is 64.3 Å². The Bertz CT molecular complexity index is 999. The number of nitrogens with zero attached hydrogens (tertiary/aromatic N) is 4. The first kappa shape index (κ1) is 14.9. The summed E-state index contributed by atoms with van der Waals surface area (Å²) in [6.07, 6.45) is 3.25. The van der Waals surface area contributed by atoms with Gasteiger partial charge in [0.05, 0.1) is 17.6 Å². The Morgan fingerprint density at radius 1 is 1.04 bits per heavy atom. The third-order valence-corrected chi connectivity index (χ3v) is 4.53. The van der Waals surface area contributed by atoms with Crippen LogP contribution in [0, 0.1) is 0 Å². The second-order valence-corrected chi connectivity index (χ2v) is 5.93. The summed E-state index contributed by atoms with van der Waals surface area (Å²) in [6.45, 7) is 3.28. The minimum Gasteiger partial charge on any atom is -0.396 e. The molecule has 122 valence electrons. The highest BCUT2D eigenvalue weighted by Crippen LogP contribution is 2.30. The molecule has 24 heavy (non-hydrogen) atoms. The molecule has 0 radical (unpaired) electrons. The zero-order chi connectivity index (χ0) is 16.5. The fraction of sp³-hybridized carbons (Fsp3) is 0.263. The number of fused-ring (bicyclic) bond motifs is 3. The summed E-state index contributed by atoms with van der Waals surface area (Å²) in [4.78, 5) is 0. The predicted octanol–water partition coefficient (Wildman–Crippen LogP) is 3.32. The van der Waals surface area contributed by atoms with Crippen LogP contribution in [-0.2, 0) is 13.0 Å². The summed E-state index contributed by atoms with van der Waals surface area (Å²) < 4.78 is 4.20. The predicted molar refractivity (Wildman–Crippen MR) is 95.4 cm³/mol. The van der Waals surface area contributed by atoms with Crippen LogP contribution in [0.15, 0.2) is 48.7 Å². The van der Waals surface area contributed by atoms with Crippen molar-refractivity contribution in [3.05, 3.63) is 54.4 Å². The minimum atomic E-state index is 0.175. The molecule has 4 aromatic rings. The normalized spacial score (nSPS) is 11.6. The average Bonchev–Trinajstić information content (AvgIpc) is 3.21. The molecule has 0 saturated heterocycles. The van der Waals surface area contributed by atoms with E-state index in [9.17, 15) is 0 Å². The molecule has 0 spiro atoms. The number of para-hydroxylation sites is 1. The Hall–Kier alpha value is -2.66. The van der Waals surface area contributed by atoms with Crippen molar-refractivity contribution in [1.82, 2.24) is 19.6 Å². The minimum absolute atomic E-state index is 0.175. The van der Waals surface area contributed by atoms with Crippen LogP contribution in [0.1, 0.15) is 19.0 Å². The van der Waals surface area contributed by atoms with Gasteiger partial charge in [0.2, 0.25) is 0 Å². The van der Waals surface area contributed by atoms with Crippen LogP contribution >= 0.6 is 0 Å². The Labute approximate surface area is 140 Å². The van der Waals surface area contributed by atoms with Crippen molar-refractivity contribution < 1.29 is 5.11 Å². The average molecular weight is 320 g/mol. The van der Waals surface area contributed by atoms with Crippen molar-refractivity contribution in [1.29, 1.82) is 0 Å². The number of aryl methyl sites for hydroxylation is 2. The smallest absolute Gasteiger partial charge is 0.0729 e. The molecule has 0 atom stereocenters. The molecule has 2 aromatic heterocycles. The molecule has 0 bridgehead atoms. The zero-order valence-corrected chi connectivity index (χ0v) is 13.7. The van der Waals surface area contributed by atoms with E-state index < -0.39 is 0 Å². The summed E-state index contributed by atoms with van der Waals surface area (Å²) in [5.74, 6) is 0. The molecule has 1 N–H and O–H groups in total. The van der Waals surface area contributed by atoms with Crippen LogP contribution in [0.25, 0.3) is 27.5 Å². The molecular formula is C19H20N4O. The van der Waals surface area contributed by atoms with Crippen molar-refractivity contribution in [2.24, 2.45) is 0 Å². The Kier molecular flexibility index (Phi) is 3.78. The van der Waals surface area contributed by atoms with Crippen molar-refractivity contribution in [3.63, 3.8) is 0 Å². The van der Waals surface area contributed by atoms with Gasteiger partial charge in [0.25, 0.3) is 0 Å². The van der Waals surface area contributed by atoms with Crippen LogP contribution in [-0.4, -0.2) is 31.3 Å². The van der Waals surface area contributed by atoms with Gasteiger partial charge < -0.3 is 9.67 Å². The topological polar surface area (TPSA) is 55.9 Å². The number of benzene rings is 2. The van der Waals surface area contributed by atoms with Crippen molar-refractivity contribution in [3.8, 4) is 5.69 Å². The maximum absolute atomic E-state index is 9.06. The van der Waals surface area contributed by atoms with Crippen LogP contribution in [0.3, 0.4) is 0 Å². The van der Waals surface area contributed by atoms with E-state index in [1.807, 2.05) is 4.68 Å². The van der Waals surface area contributed by atoms with Gasteiger partial charge >= 0.3 is 0 Å². The summed E-state index contributed by atoms with van der Waals surface area (Å²) in [6, 6.07) is 14.9. The quantitative estimate of drug-likeness (QED) is 0.614. The largest absolute Gasteiger partial charge is 0.396 e. The maximum atomic E-state index is 9.06. The Morgan fingerprint density at radius 2 is 1.88 bits per heavy atom. The molecule has 0 amide bonds. The highest BCUT2D eigenvalue weighted by Gasteiger charge is 2.12. The van der Waals surface area contributed by atoms with Crippen molar-refractivity contribution >= 4 is 21.8 Å². The van der Waals surface area contributed by atoms with Crippen LogP contribution < -0.4 is 0 Å². The van der Waals surface area contributed by atoms with Gasteiger partial charge in [0, 0.05) is 35.0 Å². The first-order valence-corrected chi connectivity index (χ1v) is 8.35. The SMILES string of the molecule is CCn1c2ccccc2c2cc(-n3nncc3CCCO)ccc21. The van der Waals surface area contributed by atoms with E-state index in [4.69, 9.17) is 5.11 Å². The van der Waals surface area contributed by atoms with E-state index in [-0.39, 0.29) is 6.61 Å². The molecule has 2 aromatic carbocycles. The lowest BCUT2D eigenvalue weighted by Gasteiger charge is -2.07. The molecular weight excluding hydrogens is 300 g/mol. The lowest BCUT2D eigenvalue weighted by atomic mass is 10.1. The lowest BCUT2D eigenvalue weighted by molar-refractivity contribution is 0.287. The number of aliphatic hydroxyl groups is 1. The Morgan fingerprint density at radius 3 is 2.71 bits per heavy atom. The van der Waals surface area contributed by atoms with E-state index in [0.29, 0.717) is 6.42 Å². The highest BCUT2D eigenvalue weighted by molar-refractivity contribution is 6.08. The van der Waals surface area contributed by atoms with Crippen LogP contribution in [0.4, 0.5) is 0 Å². The summed E-state index contributed by atoms with van der Waals surface area (Å²) in [5, 5.41) is 19.8. The highest BCUT2D eigenvalue weighted by atomic mass is 16.2. The van der Waals surface area contributed by atoms with Gasteiger partial charge in [-0.15, -0.1) is 5.10 Å². The van der Waals surface area contributed by atoms with Crippen molar-refractivity contribution in [2.75, 3.05) is 6.61 Å². The van der Waals surface area contributed by atoms with Gasteiger partial charge in [-0.05, 0) is 44.0 Å². The molecule has 0 aliphatic carbocycles. The second kappa shape index (κ2) is 6.09. The Balaban J connectivity index is 1.90. The summed E-state index contributed by atoms with van der Waals surface area (Å²) in [7, 11) is 0. The molecule has 0 unspecified atom stereocenters. The van der Waals surface area contributed by atoms with Crippen LogP contribution in [0.2, 0.25) is 0 Å². The lowest BCUT2D eigenvalue weighted by Crippen LogP contribution is -2.03. The number of hydrogen-bond donors (Lipinski definition) is 1. The molecule has 4 rings (SSSR count). The van der Waals surface area contributed by atoms with E-state index in [0.717, 1.165) is 24.3 Å². The second-order valence-electron chi connectivity index (χ2n) is 5.93. The fourth-order valence-corrected chi connectivity index (χ4v) is 3.42. The molecule has 0 saturated carbocycles. The van der Waals surface area contributed by atoms with Crippen molar-refractivity contribution in [2.45, 2.75) is 26.3 Å². The van der Waals surface area contributed by atoms with Gasteiger partial charge in [-0.2, -0.15) is 0 Å². The fourth-order valence-electron chi connectivity index (χ4n) is 3.42. The third kappa shape index (κ3) is 2.29. The third-order valence-electron chi connectivity index (χ3n) is 4.53. The standard InChI is InChI=1S/C19H20N4O/c1-2-22-18-8-4-3-7-16(18)17-12-14(9-10-19(17)22)23-15(6-5-11-24)13-20-21-23/h3-4,7-10,12-13,24H,2,5-6,11H2,1H3. The molecule has 5 heteroatoms. The van der Waals surface area contributed by atoms with E-state index in [1.165, 1.54) is 21.8 Å². The molecule has 5 nitrogen and oxygen atoms in total. The molecule has 0 fully saturated rings. The van der Waals surface area contributed by atoms with E-state index >= 15 is 0 Å². The summed E-state index contributed by atoms with van der Waals surface area (Å²) >= 11 is 0. The first-order chi connectivity index (χ1) is 11.8. The van der Waals surface area contributed by atoms with E-state index in [1.54, 1.807) is 6.20 Å². The van der Waals surface area contributed by atoms with Gasteiger partial charge in [0.1, 0.15) is 0 Å². The van der Waals surface area contributed by atoms with Gasteiger partial charge in [-0.25, -0.2) is 4.68 Å². The molecule has 0 aliphatic rings. The van der Waals surface area contributed by atoms with Gasteiger partial charge in [-0.3, -0.25) is 0 Å². The van der Waals surface area contributed by atoms with Crippen LogP contribution in [0.5, 0.6) is 0 Å². The monoisotopic (exact) mass is 320 g/mol. The van der Waals surface area contributed by atoms with Gasteiger partial charge in [0.15, 0.2) is 0 Å². The number of rotatable bonds is 5. The first-order valence-electron chi connectivity index (χ1n) is 8.35. The molecule has 2 heterocycles. The number of aromatic nitrogens is 4. The number of aliphatic hydroxyl groups excluding tert-OH is 1. The number of hydrogen-bond acceptors (Lipinski definition) is 3.